The van der Waals surface area contributed by atoms with Crippen LogP contribution in [0.1, 0.15) is 18.7 Å². The number of carbonyl (C=O) groups is 1. The molecule has 0 fully saturated rings. The number of benzene rings is 1. The molecule has 0 spiro atoms. The minimum Gasteiger partial charge on any atom is -0.466 e. The number of hydrogen-bond donors (Lipinski definition) is 1. The highest BCUT2D eigenvalue weighted by molar-refractivity contribution is 7.91. The molecule has 0 atom stereocenters. The third-order valence-electron chi connectivity index (χ3n) is 3.91. The molecule has 0 radical (unpaired) electrons. The number of esters is 1. The zero-order valence-electron chi connectivity index (χ0n) is 15.7. The molecular formula is C17H23N3O6S2. The molecule has 0 saturated heterocycles. The van der Waals surface area contributed by atoms with Crippen molar-refractivity contribution in [1.82, 2.24) is 14.3 Å². The first-order valence-electron chi connectivity index (χ1n) is 8.55. The van der Waals surface area contributed by atoms with Crippen molar-refractivity contribution in [3.05, 3.63) is 42.4 Å². The average molecular weight is 430 g/mol. The average Bonchev–Trinajstić information content (AvgIpc) is 2.99. The van der Waals surface area contributed by atoms with Crippen molar-refractivity contribution in [2.75, 3.05) is 18.9 Å². The minimum absolute atomic E-state index is 0.0584. The van der Waals surface area contributed by atoms with Gasteiger partial charge in [-0.3, -0.25) is 4.79 Å². The van der Waals surface area contributed by atoms with E-state index in [1.165, 1.54) is 18.3 Å². The van der Waals surface area contributed by atoms with E-state index in [-0.39, 0.29) is 41.7 Å². The van der Waals surface area contributed by atoms with Crippen molar-refractivity contribution in [1.29, 1.82) is 0 Å². The molecule has 1 N–H and O–H groups in total. The number of sulfonamides is 1. The van der Waals surface area contributed by atoms with Crippen LogP contribution in [0.5, 0.6) is 0 Å². The van der Waals surface area contributed by atoms with Gasteiger partial charge < -0.3 is 9.30 Å². The molecule has 1 heterocycles. The maximum absolute atomic E-state index is 12.1. The van der Waals surface area contributed by atoms with Gasteiger partial charge in [0.15, 0.2) is 14.9 Å². The molecule has 28 heavy (non-hydrogen) atoms. The molecule has 0 aliphatic rings. The first-order chi connectivity index (χ1) is 13.1. The summed E-state index contributed by atoms with van der Waals surface area (Å²) >= 11 is 0. The Morgan fingerprint density at radius 2 is 1.86 bits per heavy atom. The highest BCUT2D eigenvalue weighted by Crippen LogP contribution is 2.11. The Labute approximate surface area is 164 Å². The van der Waals surface area contributed by atoms with Crippen LogP contribution in [0.25, 0.3) is 0 Å². The van der Waals surface area contributed by atoms with Gasteiger partial charge in [-0.2, -0.15) is 0 Å². The van der Waals surface area contributed by atoms with Gasteiger partial charge in [-0.1, -0.05) is 18.2 Å². The molecule has 0 aliphatic heterocycles. The summed E-state index contributed by atoms with van der Waals surface area (Å²) in [7, 11) is -5.54. The summed E-state index contributed by atoms with van der Waals surface area (Å²) in [6, 6.07) is 8.03. The number of carbonyl (C=O) groups excluding carboxylic acids is 1. The second kappa shape index (κ2) is 9.30. The quantitative estimate of drug-likeness (QED) is 0.437. The van der Waals surface area contributed by atoms with Gasteiger partial charge in [-0.15, -0.1) is 0 Å². The van der Waals surface area contributed by atoms with Gasteiger partial charge in [0.2, 0.25) is 0 Å². The van der Waals surface area contributed by atoms with Crippen molar-refractivity contribution in [3.63, 3.8) is 0 Å². The van der Waals surface area contributed by atoms with E-state index in [1.807, 2.05) is 0 Å². The maximum atomic E-state index is 12.1. The second-order valence-electron chi connectivity index (χ2n) is 6.09. The molecule has 2 aromatic rings. The van der Waals surface area contributed by atoms with E-state index in [1.54, 1.807) is 36.7 Å². The number of nitrogens with zero attached hydrogens (tertiary/aromatic N) is 2. The Morgan fingerprint density at radius 1 is 1.18 bits per heavy atom. The van der Waals surface area contributed by atoms with Crippen LogP contribution < -0.4 is 4.72 Å². The largest absolute Gasteiger partial charge is 0.466 e. The lowest BCUT2D eigenvalue weighted by molar-refractivity contribution is -0.143. The zero-order chi connectivity index (χ0) is 20.8. The molecule has 9 nitrogen and oxygen atoms in total. The molecule has 0 aliphatic carbocycles. The molecule has 1 aromatic carbocycles. The molecule has 0 bridgehead atoms. The summed E-state index contributed by atoms with van der Waals surface area (Å²) in [5.74, 6) is -0.210. The number of hydrogen-bond acceptors (Lipinski definition) is 7. The highest BCUT2D eigenvalue weighted by atomic mass is 32.2. The van der Waals surface area contributed by atoms with Gasteiger partial charge in [-0.05, 0) is 25.5 Å². The molecule has 154 valence electrons. The summed E-state index contributed by atoms with van der Waals surface area (Å²) in [4.78, 5) is 15.8. The number of rotatable bonds is 10. The first kappa shape index (κ1) is 22.1. The summed E-state index contributed by atoms with van der Waals surface area (Å²) < 4.78 is 57.2. The smallest absolute Gasteiger partial charge is 0.307 e. The van der Waals surface area contributed by atoms with Gasteiger partial charge in [0.05, 0.1) is 23.7 Å². The van der Waals surface area contributed by atoms with E-state index < -0.39 is 25.8 Å². The SMILES string of the molecule is Cc1nc(S(=O)(=O)NCCC(=O)OCCCS(=O)(=O)c2ccccc2)cn1C. The highest BCUT2D eigenvalue weighted by Gasteiger charge is 2.19. The van der Waals surface area contributed by atoms with Crippen molar-refractivity contribution in [3.8, 4) is 0 Å². The van der Waals surface area contributed by atoms with E-state index >= 15 is 0 Å². The van der Waals surface area contributed by atoms with E-state index in [2.05, 4.69) is 9.71 Å². The third kappa shape index (κ3) is 6.14. The van der Waals surface area contributed by atoms with Crippen LogP contribution in [0.4, 0.5) is 0 Å². The number of aryl methyl sites for hydroxylation is 2. The monoisotopic (exact) mass is 429 g/mol. The Morgan fingerprint density at radius 3 is 2.46 bits per heavy atom. The number of ether oxygens (including phenoxy) is 1. The van der Waals surface area contributed by atoms with Gasteiger partial charge in [0.25, 0.3) is 10.0 Å². The maximum Gasteiger partial charge on any atom is 0.307 e. The summed E-state index contributed by atoms with van der Waals surface area (Å²) in [5.41, 5.74) is 0. The standard InChI is InChI=1S/C17H23N3O6S2/c1-14-19-16(13-20(14)2)28(24,25)18-10-9-17(21)26-11-6-12-27(22,23)15-7-4-3-5-8-15/h3-5,7-8,13,18H,6,9-12H2,1-2H3. The Kier molecular flexibility index (Phi) is 7.33. The Balaban J connectivity index is 1.70. The van der Waals surface area contributed by atoms with Crippen LogP contribution in [0.3, 0.4) is 0 Å². The van der Waals surface area contributed by atoms with Crippen LogP contribution in [0.2, 0.25) is 0 Å². The number of nitrogens with one attached hydrogen (secondary N) is 1. The van der Waals surface area contributed by atoms with E-state index in [0.717, 1.165) is 0 Å². The lowest BCUT2D eigenvalue weighted by atomic mass is 10.4. The topological polar surface area (TPSA) is 124 Å². The van der Waals surface area contributed by atoms with E-state index in [0.29, 0.717) is 5.82 Å². The lowest BCUT2D eigenvalue weighted by Crippen LogP contribution is -2.27. The fourth-order valence-corrected chi connectivity index (χ4v) is 4.64. The van der Waals surface area contributed by atoms with Gasteiger partial charge in [0.1, 0.15) is 5.82 Å². The van der Waals surface area contributed by atoms with Crippen LogP contribution in [0.15, 0.2) is 46.5 Å². The third-order valence-corrected chi connectivity index (χ3v) is 7.05. The Hall–Kier alpha value is -2.24. The normalized spacial score (nSPS) is 12.1. The van der Waals surface area contributed by atoms with Crippen molar-refractivity contribution >= 4 is 25.8 Å². The minimum atomic E-state index is -3.80. The van der Waals surface area contributed by atoms with Gasteiger partial charge >= 0.3 is 5.97 Å². The molecule has 0 unspecified atom stereocenters. The summed E-state index contributed by atoms with van der Waals surface area (Å²) in [6.45, 7) is 1.48. The number of sulfone groups is 1. The molecular weight excluding hydrogens is 406 g/mol. The van der Waals surface area contributed by atoms with Crippen molar-refractivity contribution in [2.24, 2.45) is 7.05 Å². The van der Waals surface area contributed by atoms with Crippen molar-refractivity contribution in [2.45, 2.75) is 29.7 Å². The predicted molar refractivity (Wildman–Crippen MR) is 102 cm³/mol. The van der Waals surface area contributed by atoms with Crippen molar-refractivity contribution < 1.29 is 26.4 Å². The number of aromatic nitrogens is 2. The predicted octanol–water partition coefficient (Wildman–Crippen LogP) is 0.804. The first-order valence-corrected chi connectivity index (χ1v) is 11.7. The summed E-state index contributed by atoms with van der Waals surface area (Å²) in [5, 5.41) is -0.119. The zero-order valence-corrected chi connectivity index (χ0v) is 17.3. The molecule has 11 heteroatoms. The van der Waals surface area contributed by atoms with Gasteiger partial charge in [-0.25, -0.2) is 26.5 Å². The lowest BCUT2D eigenvalue weighted by Gasteiger charge is -2.07. The van der Waals surface area contributed by atoms with Crippen LogP contribution in [-0.4, -0.2) is 51.3 Å². The second-order valence-corrected chi connectivity index (χ2v) is 9.91. The van der Waals surface area contributed by atoms with Crippen LogP contribution in [-0.2, 0) is 36.4 Å². The molecule has 0 amide bonds. The van der Waals surface area contributed by atoms with Gasteiger partial charge in [0, 0.05) is 19.8 Å². The molecule has 2 rings (SSSR count). The number of imidazole rings is 1. The fourth-order valence-electron chi connectivity index (χ4n) is 2.27. The Bertz CT molecular complexity index is 995. The molecule has 1 aromatic heterocycles. The summed E-state index contributed by atoms with van der Waals surface area (Å²) in [6.07, 6.45) is 1.36. The molecule has 0 saturated carbocycles. The van der Waals surface area contributed by atoms with E-state index in [4.69, 9.17) is 4.74 Å². The van der Waals surface area contributed by atoms with Crippen LogP contribution in [0, 0.1) is 6.92 Å². The fraction of sp³-hybridized carbons (Fsp3) is 0.412. The van der Waals surface area contributed by atoms with Crippen LogP contribution >= 0.6 is 0 Å². The van der Waals surface area contributed by atoms with E-state index in [9.17, 15) is 21.6 Å².